The monoisotopic (exact) mass is 173 g/mol. The fraction of sp³-hybridized carbons (Fsp3) is 1.00. The Morgan fingerprint density at radius 2 is 1.83 bits per heavy atom. The van der Waals surface area contributed by atoms with Gasteiger partial charge in [-0.3, -0.25) is 0 Å². The normalized spacial score (nSPS) is 14.8. The maximum Gasteiger partial charge on any atom is 0.0608 e. The van der Waals surface area contributed by atoms with E-state index < -0.39 is 5.66 Å². The fourth-order valence-corrected chi connectivity index (χ4v) is 1.11. The van der Waals surface area contributed by atoms with Gasteiger partial charge in [-0.15, -0.1) is 0 Å². The summed E-state index contributed by atoms with van der Waals surface area (Å²) < 4.78 is 0. The minimum absolute atomic E-state index is 0.274. The maximum atomic E-state index is 5.86. The number of hydrogen-bond acceptors (Lipinski definition) is 3. The average Bonchev–Trinajstić information content (AvgIpc) is 1.95. The van der Waals surface area contributed by atoms with E-state index in [2.05, 4.69) is 6.92 Å². The van der Waals surface area contributed by atoms with Crippen LogP contribution in [0.4, 0.5) is 0 Å². The molecular weight excluding hydrogens is 150 g/mol. The van der Waals surface area contributed by atoms with Crippen LogP contribution in [0, 0.1) is 0 Å². The Labute approximate surface area is 75.7 Å². The van der Waals surface area contributed by atoms with Crippen LogP contribution in [0.15, 0.2) is 0 Å². The molecule has 1 unspecified atom stereocenters. The molecular formula is C9H23N3. The molecule has 0 fully saturated rings. The van der Waals surface area contributed by atoms with E-state index in [1.807, 2.05) is 6.92 Å². The Hall–Kier alpha value is -0.120. The Kier molecular flexibility index (Phi) is 5.46. The van der Waals surface area contributed by atoms with Crippen molar-refractivity contribution in [3.05, 3.63) is 0 Å². The van der Waals surface area contributed by atoms with Gasteiger partial charge in [0.2, 0.25) is 0 Å². The molecule has 1 atom stereocenters. The highest BCUT2D eigenvalue weighted by Crippen LogP contribution is 2.08. The quantitative estimate of drug-likeness (QED) is 0.523. The number of unbranched alkanes of at least 4 members (excludes halogenated alkanes) is 1. The molecule has 0 aliphatic rings. The first-order valence-electron chi connectivity index (χ1n) is 4.79. The van der Waals surface area contributed by atoms with E-state index >= 15 is 0 Å². The van der Waals surface area contributed by atoms with Crippen molar-refractivity contribution in [3.63, 3.8) is 0 Å². The van der Waals surface area contributed by atoms with E-state index in [0.717, 1.165) is 19.3 Å². The van der Waals surface area contributed by atoms with E-state index in [0.29, 0.717) is 0 Å². The lowest BCUT2D eigenvalue weighted by atomic mass is 10.0. The van der Waals surface area contributed by atoms with Crippen molar-refractivity contribution >= 4 is 0 Å². The molecule has 0 aliphatic carbocycles. The van der Waals surface area contributed by atoms with Crippen molar-refractivity contribution in [2.24, 2.45) is 17.2 Å². The zero-order valence-electron chi connectivity index (χ0n) is 8.34. The van der Waals surface area contributed by atoms with Crippen LogP contribution in [0.5, 0.6) is 0 Å². The number of nitrogens with two attached hydrogens (primary N) is 3. The summed E-state index contributed by atoms with van der Waals surface area (Å²) >= 11 is 0. The number of rotatable bonds is 6. The van der Waals surface area contributed by atoms with Gasteiger partial charge in [0.05, 0.1) is 5.66 Å². The van der Waals surface area contributed by atoms with Crippen LogP contribution in [-0.4, -0.2) is 11.7 Å². The topological polar surface area (TPSA) is 78.1 Å². The van der Waals surface area contributed by atoms with Gasteiger partial charge in [0.25, 0.3) is 0 Å². The minimum Gasteiger partial charge on any atom is -0.328 e. The second kappa shape index (κ2) is 5.51. The third-order valence-electron chi connectivity index (χ3n) is 1.98. The van der Waals surface area contributed by atoms with Crippen molar-refractivity contribution in [2.75, 3.05) is 0 Å². The molecule has 12 heavy (non-hydrogen) atoms. The van der Waals surface area contributed by atoms with E-state index in [1.165, 1.54) is 12.8 Å². The molecule has 0 bridgehead atoms. The van der Waals surface area contributed by atoms with Gasteiger partial charge in [-0.25, -0.2) is 0 Å². The van der Waals surface area contributed by atoms with Crippen LogP contribution in [0.25, 0.3) is 0 Å². The average molecular weight is 173 g/mol. The fourth-order valence-electron chi connectivity index (χ4n) is 1.11. The molecule has 6 N–H and O–H groups in total. The molecule has 0 saturated carbocycles. The second-order valence-electron chi connectivity index (χ2n) is 3.95. The first-order chi connectivity index (χ1) is 5.45. The van der Waals surface area contributed by atoms with Crippen molar-refractivity contribution in [1.29, 1.82) is 0 Å². The highest BCUT2D eigenvalue weighted by Gasteiger charge is 2.12. The van der Waals surface area contributed by atoms with Gasteiger partial charge >= 0.3 is 0 Å². The smallest absolute Gasteiger partial charge is 0.0608 e. The molecule has 0 heterocycles. The molecule has 0 aromatic carbocycles. The van der Waals surface area contributed by atoms with Crippen LogP contribution in [-0.2, 0) is 0 Å². The Morgan fingerprint density at radius 1 is 1.25 bits per heavy atom. The Morgan fingerprint density at radius 3 is 2.25 bits per heavy atom. The van der Waals surface area contributed by atoms with Crippen LogP contribution in [0.1, 0.15) is 46.0 Å². The first kappa shape index (κ1) is 11.9. The van der Waals surface area contributed by atoms with Gasteiger partial charge in [-0.05, 0) is 26.2 Å². The molecule has 0 aliphatic heterocycles. The second-order valence-corrected chi connectivity index (χ2v) is 3.95. The predicted molar refractivity (Wildman–Crippen MR) is 53.5 cm³/mol. The summed E-state index contributed by atoms with van der Waals surface area (Å²) in [6.45, 7) is 4.00. The standard InChI is InChI=1S/C9H23N3/c1-3-4-5-8(10)6-7-9(2,11)12/h8H,3-7,10-12H2,1-2H3. The molecule has 0 amide bonds. The lowest BCUT2D eigenvalue weighted by molar-refractivity contribution is 0.398. The van der Waals surface area contributed by atoms with Crippen LogP contribution in [0.3, 0.4) is 0 Å². The zero-order valence-corrected chi connectivity index (χ0v) is 8.34. The van der Waals surface area contributed by atoms with Crippen molar-refractivity contribution < 1.29 is 0 Å². The highest BCUT2D eigenvalue weighted by molar-refractivity contribution is 4.73. The summed E-state index contributed by atoms with van der Waals surface area (Å²) in [6, 6.07) is 0.274. The Bertz CT molecular complexity index is 107. The largest absolute Gasteiger partial charge is 0.328 e. The molecule has 3 heteroatoms. The summed E-state index contributed by atoms with van der Waals surface area (Å²) in [4.78, 5) is 0. The lowest BCUT2D eigenvalue weighted by Crippen LogP contribution is -2.46. The van der Waals surface area contributed by atoms with E-state index in [-0.39, 0.29) is 6.04 Å². The molecule has 0 spiro atoms. The van der Waals surface area contributed by atoms with Gasteiger partial charge in [0, 0.05) is 6.04 Å². The van der Waals surface area contributed by atoms with Gasteiger partial charge in [-0.2, -0.15) is 0 Å². The maximum absolute atomic E-state index is 5.86. The van der Waals surface area contributed by atoms with Gasteiger partial charge in [0.1, 0.15) is 0 Å². The molecule has 0 rings (SSSR count). The summed E-state index contributed by atoms with van der Waals surface area (Å²) in [5.74, 6) is 0. The van der Waals surface area contributed by atoms with Crippen LogP contribution < -0.4 is 17.2 Å². The molecule has 0 aromatic rings. The van der Waals surface area contributed by atoms with Gasteiger partial charge < -0.3 is 17.2 Å². The minimum atomic E-state index is -0.552. The highest BCUT2D eigenvalue weighted by atomic mass is 14.9. The summed E-state index contributed by atoms with van der Waals surface area (Å²) in [5, 5.41) is 0. The van der Waals surface area contributed by atoms with Crippen molar-refractivity contribution in [2.45, 2.75) is 57.7 Å². The van der Waals surface area contributed by atoms with Gasteiger partial charge in [-0.1, -0.05) is 19.8 Å². The number of hydrogen-bond donors (Lipinski definition) is 3. The third kappa shape index (κ3) is 7.98. The zero-order chi connectivity index (χ0) is 9.61. The lowest BCUT2D eigenvalue weighted by Gasteiger charge is -2.20. The van der Waals surface area contributed by atoms with Crippen molar-refractivity contribution in [3.8, 4) is 0 Å². The first-order valence-corrected chi connectivity index (χ1v) is 4.79. The van der Waals surface area contributed by atoms with Crippen molar-refractivity contribution in [1.82, 2.24) is 0 Å². The molecule has 3 nitrogen and oxygen atoms in total. The van der Waals surface area contributed by atoms with Crippen LogP contribution >= 0.6 is 0 Å². The third-order valence-corrected chi connectivity index (χ3v) is 1.98. The van der Waals surface area contributed by atoms with E-state index in [9.17, 15) is 0 Å². The summed E-state index contributed by atoms with van der Waals surface area (Å²) in [5.41, 5.74) is 16.6. The molecule has 0 saturated heterocycles. The summed E-state index contributed by atoms with van der Waals surface area (Å²) in [6.07, 6.45) is 5.23. The predicted octanol–water partition coefficient (Wildman–Crippen LogP) is 0.918. The molecule has 74 valence electrons. The summed E-state index contributed by atoms with van der Waals surface area (Å²) in [7, 11) is 0. The molecule has 0 radical (unpaired) electrons. The molecule has 0 aromatic heterocycles. The SMILES string of the molecule is CCCCC(N)CCC(C)(N)N. The van der Waals surface area contributed by atoms with Gasteiger partial charge in [0.15, 0.2) is 0 Å². The van der Waals surface area contributed by atoms with E-state index in [1.54, 1.807) is 0 Å². The Balaban J connectivity index is 3.37. The van der Waals surface area contributed by atoms with E-state index in [4.69, 9.17) is 17.2 Å². The van der Waals surface area contributed by atoms with Crippen LogP contribution in [0.2, 0.25) is 0 Å².